The van der Waals surface area contributed by atoms with Gasteiger partial charge in [0.05, 0.1) is 11.4 Å². The van der Waals surface area contributed by atoms with Crippen molar-refractivity contribution in [2.45, 2.75) is 0 Å². The summed E-state index contributed by atoms with van der Waals surface area (Å²) in [4.78, 5) is 0. The summed E-state index contributed by atoms with van der Waals surface area (Å²) < 4.78 is 24.1. The molecule has 0 spiro atoms. The molecule has 3 nitrogen and oxygen atoms in total. The SMILES string of the molecule is O=S([O-])O.[Lu]. The van der Waals surface area contributed by atoms with Crippen molar-refractivity contribution in [3.8, 4) is 0 Å². The molecule has 0 fully saturated rings. The van der Waals surface area contributed by atoms with E-state index in [1.54, 1.807) is 0 Å². The molecule has 5 heteroatoms. The molecule has 0 heterocycles. The average molecular weight is 256 g/mol. The van der Waals surface area contributed by atoms with Crippen LogP contribution in [0.1, 0.15) is 0 Å². The van der Waals surface area contributed by atoms with Crippen LogP contribution in [0, 0.1) is 36.9 Å². The van der Waals surface area contributed by atoms with Gasteiger partial charge in [-0.3, -0.25) is 0 Å². The average Bonchev–Trinajstić information content (AvgIpc) is 0.811. The van der Waals surface area contributed by atoms with Crippen LogP contribution in [0.3, 0.4) is 0 Å². The zero-order valence-corrected chi connectivity index (χ0v) is 4.40. The minimum Gasteiger partial charge on any atom is -0.750 e. The zero-order chi connectivity index (χ0) is 3.58. The molecule has 5 heavy (non-hydrogen) atoms. The van der Waals surface area contributed by atoms with Crippen molar-refractivity contribution >= 4 is 11.4 Å². The largest absolute Gasteiger partial charge is 0.750 e. The van der Waals surface area contributed by atoms with E-state index >= 15 is 0 Å². The van der Waals surface area contributed by atoms with Crippen LogP contribution >= 0.6 is 0 Å². The van der Waals surface area contributed by atoms with E-state index in [2.05, 4.69) is 0 Å². The normalized spacial score (nSPS) is 12.4. The number of hydrogen-bond donors (Lipinski definition) is 1. The van der Waals surface area contributed by atoms with Crippen LogP contribution in [0.25, 0.3) is 0 Å². The Bertz CT molecular complexity index is 29.9. The molecule has 0 amide bonds. The summed E-state index contributed by atoms with van der Waals surface area (Å²) in [6.07, 6.45) is 0. The van der Waals surface area contributed by atoms with E-state index in [0.29, 0.717) is 0 Å². The van der Waals surface area contributed by atoms with Crippen LogP contribution in [0.5, 0.6) is 0 Å². The molecule has 0 rings (SSSR count). The van der Waals surface area contributed by atoms with E-state index in [9.17, 15) is 0 Å². The summed E-state index contributed by atoms with van der Waals surface area (Å²) in [7, 11) is 0. The topological polar surface area (TPSA) is 60.4 Å². The van der Waals surface area contributed by atoms with Crippen LogP contribution in [0.15, 0.2) is 0 Å². The van der Waals surface area contributed by atoms with Crippen molar-refractivity contribution in [2.75, 3.05) is 0 Å². The number of rotatable bonds is 0. The van der Waals surface area contributed by atoms with Crippen molar-refractivity contribution in [1.29, 1.82) is 0 Å². The molecule has 0 bridgehead atoms. The molecule has 0 aromatic rings. The Labute approximate surface area is 61.1 Å². The smallest absolute Gasteiger partial charge is 0.0814 e. The maximum atomic E-state index is 8.56. The summed E-state index contributed by atoms with van der Waals surface area (Å²) in [6, 6.07) is 0. The maximum absolute atomic E-state index is 8.56. The first kappa shape index (κ1) is 9.57. The third kappa shape index (κ3) is 34.1. The Morgan fingerprint density at radius 2 is 1.80 bits per heavy atom. The maximum Gasteiger partial charge on any atom is 0.0814 e. The van der Waals surface area contributed by atoms with Gasteiger partial charge < -0.3 is 9.11 Å². The van der Waals surface area contributed by atoms with Gasteiger partial charge in [-0.25, -0.2) is 4.21 Å². The van der Waals surface area contributed by atoms with Crippen molar-refractivity contribution in [1.82, 2.24) is 0 Å². The Morgan fingerprint density at radius 1 is 1.80 bits per heavy atom. The fraction of sp³-hybridized carbons (Fsp3) is 0. The molecule has 0 saturated carbocycles. The summed E-state index contributed by atoms with van der Waals surface area (Å²) in [5, 5.41) is 0. The fourth-order valence-corrected chi connectivity index (χ4v) is 0. The molecule has 0 aliphatic rings. The van der Waals surface area contributed by atoms with Crippen molar-refractivity contribution in [3.05, 3.63) is 0 Å². The van der Waals surface area contributed by atoms with Crippen LogP contribution < -0.4 is 0 Å². The predicted molar refractivity (Wildman–Crippen MR) is 11.5 cm³/mol. The minimum absolute atomic E-state index is 0. The van der Waals surface area contributed by atoms with Gasteiger partial charge in [-0.1, -0.05) is 0 Å². The Hall–Kier alpha value is 1.30. The van der Waals surface area contributed by atoms with Crippen LogP contribution in [0.2, 0.25) is 0 Å². The third-order valence-corrected chi connectivity index (χ3v) is 0. The van der Waals surface area contributed by atoms with Gasteiger partial charge >= 0.3 is 0 Å². The van der Waals surface area contributed by atoms with Crippen LogP contribution in [-0.4, -0.2) is 13.3 Å². The molecule has 0 aliphatic carbocycles. The standard InChI is InChI=1S/Lu.H2O3S/c;1-4(2)3/h;(H2,1,2,3)/p-1. The minimum atomic E-state index is -2.86. The van der Waals surface area contributed by atoms with E-state index in [4.69, 9.17) is 13.3 Å². The van der Waals surface area contributed by atoms with Gasteiger partial charge in [0.2, 0.25) is 0 Å². The first-order valence-electron chi connectivity index (χ1n) is 0.516. The monoisotopic (exact) mass is 256 g/mol. The second-order valence-electron chi connectivity index (χ2n) is 0.217. The van der Waals surface area contributed by atoms with E-state index < -0.39 is 11.4 Å². The Morgan fingerprint density at radius 3 is 1.80 bits per heavy atom. The van der Waals surface area contributed by atoms with Gasteiger partial charge in [-0.15, -0.1) is 0 Å². The van der Waals surface area contributed by atoms with Crippen molar-refractivity contribution < 1.29 is 50.2 Å². The molecule has 0 aromatic heterocycles. The van der Waals surface area contributed by atoms with Gasteiger partial charge in [-0.05, 0) is 0 Å². The van der Waals surface area contributed by atoms with Crippen LogP contribution in [-0.2, 0) is 11.4 Å². The summed E-state index contributed by atoms with van der Waals surface area (Å²) in [5.41, 5.74) is 0. The molecule has 1 unspecified atom stereocenters. The van der Waals surface area contributed by atoms with E-state index in [1.165, 1.54) is 0 Å². The van der Waals surface area contributed by atoms with Gasteiger partial charge in [0.15, 0.2) is 0 Å². The second kappa shape index (κ2) is 5.30. The molecule has 1 N–H and O–H groups in total. The second-order valence-corrected chi connectivity index (χ2v) is 0.651. The third-order valence-electron chi connectivity index (χ3n) is 0. The quantitative estimate of drug-likeness (QED) is 0.585. The van der Waals surface area contributed by atoms with Gasteiger partial charge in [0.1, 0.15) is 0 Å². The summed E-state index contributed by atoms with van der Waals surface area (Å²) >= 11 is -2.86. The predicted octanol–water partition coefficient (Wildman–Crippen LogP) is -0.661. The van der Waals surface area contributed by atoms with E-state index in [0.717, 1.165) is 0 Å². The summed E-state index contributed by atoms with van der Waals surface area (Å²) in [6.45, 7) is 0. The van der Waals surface area contributed by atoms with E-state index in [-0.39, 0.29) is 36.9 Å². The van der Waals surface area contributed by atoms with Crippen molar-refractivity contribution in [3.63, 3.8) is 0 Å². The molecular formula is HLuO3S-. The van der Waals surface area contributed by atoms with Gasteiger partial charge in [0, 0.05) is 36.9 Å². The van der Waals surface area contributed by atoms with E-state index in [1.807, 2.05) is 0 Å². The Balaban J connectivity index is 0. The fourth-order valence-electron chi connectivity index (χ4n) is 0. The molecule has 41 valence electrons. The zero-order valence-electron chi connectivity index (χ0n) is 1.93. The molecule has 1 atom stereocenters. The molecule has 0 aromatic carbocycles. The Kier molecular flexibility index (Phi) is 10.2. The molecule has 0 aliphatic heterocycles. The summed E-state index contributed by atoms with van der Waals surface area (Å²) in [5.74, 6) is 0. The molecule has 0 saturated heterocycles. The van der Waals surface area contributed by atoms with Crippen molar-refractivity contribution in [2.24, 2.45) is 0 Å². The first-order chi connectivity index (χ1) is 1.73. The van der Waals surface area contributed by atoms with Gasteiger partial charge in [0.25, 0.3) is 0 Å². The molecular weight excluding hydrogens is 255 g/mol. The number of hydrogen-bond acceptors (Lipinski definition) is 2. The first-order valence-corrected chi connectivity index (χ1v) is 1.55. The van der Waals surface area contributed by atoms with Crippen LogP contribution in [0.4, 0.5) is 0 Å². The molecule has 1 radical (unpaired) electrons. The van der Waals surface area contributed by atoms with Gasteiger partial charge in [-0.2, -0.15) is 0 Å².